The zero-order valence-corrected chi connectivity index (χ0v) is 15.6. The molecule has 0 atom stereocenters. The maximum absolute atomic E-state index is 15.1. The number of hydrogen-bond acceptors (Lipinski definition) is 5. The van der Waals surface area contributed by atoms with Crippen molar-refractivity contribution in [1.29, 1.82) is 0 Å². The van der Waals surface area contributed by atoms with Crippen molar-refractivity contribution >= 4 is 22.6 Å². The fourth-order valence-corrected chi connectivity index (χ4v) is 4.16. The molecular formula is C20H23FN2O5. The molecule has 8 heteroatoms. The number of hydrogen-bond donors (Lipinski definition) is 3. The number of aromatic carboxylic acids is 1. The van der Waals surface area contributed by atoms with Crippen molar-refractivity contribution < 1.29 is 24.5 Å². The molecule has 2 aromatic rings. The summed E-state index contributed by atoms with van der Waals surface area (Å²) in [7, 11) is 0. The van der Waals surface area contributed by atoms with Gasteiger partial charge < -0.3 is 24.8 Å². The molecular weight excluding hydrogens is 367 g/mol. The van der Waals surface area contributed by atoms with Gasteiger partial charge >= 0.3 is 5.97 Å². The van der Waals surface area contributed by atoms with Crippen molar-refractivity contribution in [3.8, 4) is 0 Å². The van der Waals surface area contributed by atoms with Gasteiger partial charge in [0.25, 0.3) is 0 Å². The second-order valence-electron chi connectivity index (χ2n) is 7.91. The lowest BCUT2D eigenvalue weighted by Crippen LogP contribution is -2.47. The zero-order valence-electron chi connectivity index (χ0n) is 15.6. The van der Waals surface area contributed by atoms with Crippen LogP contribution < -0.4 is 10.3 Å². The molecule has 1 aliphatic carbocycles. The summed E-state index contributed by atoms with van der Waals surface area (Å²) < 4.78 is 16.8. The summed E-state index contributed by atoms with van der Waals surface area (Å²) in [4.78, 5) is 25.9. The van der Waals surface area contributed by atoms with Crippen LogP contribution in [0.3, 0.4) is 0 Å². The highest BCUT2D eigenvalue weighted by Crippen LogP contribution is 2.40. The van der Waals surface area contributed by atoms with Gasteiger partial charge in [0.2, 0.25) is 5.43 Å². The van der Waals surface area contributed by atoms with Gasteiger partial charge in [-0.15, -0.1) is 0 Å². The molecule has 28 heavy (non-hydrogen) atoms. The number of fused-ring (bicyclic) bond motifs is 1. The molecule has 1 aliphatic heterocycles. The van der Waals surface area contributed by atoms with Gasteiger partial charge in [0.1, 0.15) is 11.4 Å². The minimum Gasteiger partial charge on any atom is -0.477 e. The van der Waals surface area contributed by atoms with Gasteiger partial charge in [-0.1, -0.05) is 0 Å². The third-order valence-corrected chi connectivity index (χ3v) is 5.95. The number of benzene rings is 1. The SMILES string of the molecule is Cc1c(N2CCC(O)(CO)CC2)c(F)cc2c(=O)c(C(=O)O)cn(C3CC3)c12. The number of aryl methyl sites for hydroxylation is 1. The van der Waals surface area contributed by atoms with Gasteiger partial charge in [0.05, 0.1) is 23.4 Å². The number of pyridine rings is 1. The van der Waals surface area contributed by atoms with Crippen LogP contribution in [0, 0.1) is 12.7 Å². The third-order valence-electron chi connectivity index (χ3n) is 5.95. The van der Waals surface area contributed by atoms with E-state index in [4.69, 9.17) is 0 Å². The molecule has 1 aromatic heterocycles. The van der Waals surface area contributed by atoms with Crippen molar-refractivity contribution in [1.82, 2.24) is 4.57 Å². The molecule has 2 aliphatic rings. The number of carbonyl (C=O) groups is 1. The Morgan fingerprint density at radius 3 is 2.50 bits per heavy atom. The zero-order chi connectivity index (χ0) is 20.2. The van der Waals surface area contributed by atoms with Crippen molar-refractivity contribution in [3.05, 3.63) is 39.4 Å². The maximum atomic E-state index is 15.1. The van der Waals surface area contributed by atoms with Crippen LogP contribution >= 0.6 is 0 Å². The largest absolute Gasteiger partial charge is 0.477 e. The van der Waals surface area contributed by atoms with E-state index in [9.17, 15) is 24.9 Å². The molecule has 0 radical (unpaired) electrons. The van der Waals surface area contributed by atoms with E-state index in [1.54, 1.807) is 11.5 Å². The number of halogens is 1. The first-order valence-electron chi connectivity index (χ1n) is 9.45. The van der Waals surface area contributed by atoms with Crippen molar-refractivity contribution in [2.24, 2.45) is 0 Å². The molecule has 0 amide bonds. The van der Waals surface area contributed by atoms with E-state index in [1.165, 1.54) is 6.20 Å². The van der Waals surface area contributed by atoms with Crippen LogP contribution in [0.15, 0.2) is 17.1 Å². The number of piperidine rings is 1. The highest BCUT2D eigenvalue weighted by molar-refractivity contribution is 5.95. The summed E-state index contributed by atoms with van der Waals surface area (Å²) in [6.07, 6.45) is 3.77. The number of aliphatic hydroxyl groups is 2. The number of nitrogens with zero attached hydrogens (tertiary/aromatic N) is 2. The van der Waals surface area contributed by atoms with E-state index in [2.05, 4.69) is 0 Å². The monoisotopic (exact) mass is 390 g/mol. The van der Waals surface area contributed by atoms with Crippen molar-refractivity contribution in [2.75, 3.05) is 24.6 Å². The van der Waals surface area contributed by atoms with E-state index < -0.39 is 22.8 Å². The quantitative estimate of drug-likeness (QED) is 0.736. The molecule has 2 fully saturated rings. The van der Waals surface area contributed by atoms with E-state index in [0.717, 1.165) is 18.9 Å². The van der Waals surface area contributed by atoms with Gasteiger partial charge in [-0.2, -0.15) is 0 Å². The fraction of sp³-hybridized carbons (Fsp3) is 0.500. The Hall–Kier alpha value is -2.45. The lowest BCUT2D eigenvalue weighted by molar-refractivity contribution is -0.0326. The number of carboxylic acid groups (broad SMARTS) is 1. The lowest BCUT2D eigenvalue weighted by atomic mass is 9.91. The van der Waals surface area contributed by atoms with Crippen LogP contribution in [0.25, 0.3) is 10.9 Å². The average Bonchev–Trinajstić information content (AvgIpc) is 3.49. The second kappa shape index (κ2) is 6.56. The van der Waals surface area contributed by atoms with Crippen LogP contribution in [-0.4, -0.2) is 51.2 Å². The number of carboxylic acids is 1. The summed E-state index contributed by atoms with van der Waals surface area (Å²) in [5, 5.41) is 29.0. The number of anilines is 1. The van der Waals surface area contributed by atoms with E-state index in [1.807, 2.05) is 4.90 Å². The number of aliphatic hydroxyl groups excluding tert-OH is 1. The Morgan fingerprint density at radius 1 is 1.32 bits per heavy atom. The smallest absolute Gasteiger partial charge is 0.341 e. The van der Waals surface area contributed by atoms with Crippen LogP contribution in [-0.2, 0) is 0 Å². The average molecular weight is 390 g/mol. The molecule has 0 bridgehead atoms. The summed E-state index contributed by atoms with van der Waals surface area (Å²) in [6.45, 7) is 2.16. The Morgan fingerprint density at radius 2 is 1.96 bits per heavy atom. The molecule has 7 nitrogen and oxygen atoms in total. The fourth-order valence-electron chi connectivity index (χ4n) is 4.16. The normalized spacial score (nSPS) is 19.2. The van der Waals surface area contributed by atoms with Gasteiger partial charge in [0, 0.05) is 30.7 Å². The first kappa shape index (κ1) is 18.9. The van der Waals surface area contributed by atoms with Crippen LogP contribution in [0.2, 0.25) is 0 Å². The number of rotatable bonds is 4. The first-order valence-corrected chi connectivity index (χ1v) is 9.45. The topological polar surface area (TPSA) is 103 Å². The minimum atomic E-state index is -1.32. The van der Waals surface area contributed by atoms with E-state index in [0.29, 0.717) is 42.7 Å². The highest BCUT2D eigenvalue weighted by atomic mass is 19.1. The van der Waals surface area contributed by atoms with Crippen LogP contribution in [0.1, 0.15) is 47.6 Å². The predicted molar refractivity (Wildman–Crippen MR) is 102 cm³/mol. The van der Waals surface area contributed by atoms with Crippen molar-refractivity contribution in [2.45, 2.75) is 44.2 Å². The van der Waals surface area contributed by atoms with Gasteiger partial charge in [-0.25, -0.2) is 9.18 Å². The molecule has 1 aromatic carbocycles. The van der Waals surface area contributed by atoms with Gasteiger partial charge in [-0.3, -0.25) is 4.79 Å². The first-order chi connectivity index (χ1) is 13.3. The predicted octanol–water partition coefficient (Wildman–Crippen LogP) is 1.81. The molecule has 150 valence electrons. The molecule has 1 saturated carbocycles. The Bertz CT molecular complexity index is 1020. The standard InChI is InChI=1S/C20H23FN2O5/c1-11-16-13(18(25)14(19(26)27)9-23(16)12-2-3-12)8-15(21)17(11)22-6-4-20(28,10-24)5-7-22/h8-9,12,24,28H,2-7,10H2,1H3,(H,26,27). The van der Waals surface area contributed by atoms with Crippen molar-refractivity contribution in [3.63, 3.8) is 0 Å². The van der Waals surface area contributed by atoms with Crippen LogP contribution in [0.4, 0.5) is 10.1 Å². The molecule has 4 rings (SSSR count). The molecule has 2 heterocycles. The van der Waals surface area contributed by atoms with Gasteiger partial charge in [0.15, 0.2) is 0 Å². The Kier molecular flexibility index (Phi) is 4.43. The second-order valence-corrected chi connectivity index (χ2v) is 7.91. The molecule has 0 spiro atoms. The minimum absolute atomic E-state index is 0.0782. The molecule has 3 N–H and O–H groups in total. The Labute approximate surface area is 160 Å². The summed E-state index contributed by atoms with van der Waals surface area (Å²) >= 11 is 0. The van der Waals surface area contributed by atoms with E-state index >= 15 is 4.39 Å². The van der Waals surface area contributed by atoms with E-state index in [-0.39, 0.29) is 23.6 Å². The lowest BCUT2D eigenvalue weighted by Gasteiger charge is -2.39. The molecule has 0 unspecified atom stereocenters. The Balaban J connectivity index is 1.89. The summed E-state index contributed by atoms with van der Waals surface area (Å²) in [5.74, 6) is -1.90. The maximum Gasteiger partial charge on any atom is 0.341 e. The molecule has 1 saturated heterocycles. The third kappa shape index (κ3) is 2.97. The summed E-state index contributed by atoms with van der Waals surface area (Å²) in [5.41, 5.74) is -0.658. The summed E-state index contributed by atoms with van der Waals surface area (Å²) in [6, 6.07) is 1.25. The highest BCUT2D eigenvalue weighted by Gasteiger charge is 2.34. The van der Waals surface area contributed by atoms with Crippen LogP contribution in [0.5, 0.6) is 0 Å². The number of aromatic nitrogens is 1. The van der Waals surface area contributed by atoms with Gasteiger partial charge in [-0.05, 0) is 44.2 Å².